The van der Waals surface area contributed by atoms with Gasteiger partial charge in [0, 0.05) is 24.7 Å². The van der Waals surface area contributed by atoms with E-state index < -0.39 is 0 Å². The summed E-state index contributed by atoms with van der Waals surface area (Å²) in [7, 11) is 0. The van der Waals surface area contributed by atoms with E-state index in [9.17, 15) is 9.59 Å². The molecule has 82 valence electrons. The van der Waals surface area contributed by atoms with Gasteiger partial charge < -0.3 is 9.97 Å². The number of nitrogens with one attached hydrogen (secondary N) is 2. The first-order valence-electron chi connectivity index (χ1n) is 5.40. The summed E-state index contributed by atoms with van der Waals surface area (Å²) in [5, 5.41) is 0.669. The second kappa shape index (κ2) is 3.07. The molecular weight excluding hydrogens is 204 g/mol. The van der Waals surface area contributed by atoms with E-state index >= 15 is 0 Å². The number of aromatic nitrogens is 2. The molecule has 0 spiro atoms. The number of pyridine rings is 1. The molecule has 16 heavy (non-hydrogen) atoms. The molecule has 0 saturated carbocycles. The van der Waals surface area contributed by atoms with E-state index in [1.54, 1.807) is 6.20 Å². The first-order valence-corrected chi connectivity index (χ1v) is 5.40. The van der Waals surface area contributed by atoms with Crippen LogP contribution in [0.3, 0.4) is 0 Å². The Morgan fingerprint density at radius 1 is 1.25 bits per heavy atom. The normalized spacial score (nSPS) is 15.4. The molecule has 2 heterocycles. The number of fused-ring (bicyclic) bond motifs is 3. The van der Waals surface area contributed by atoms with Crippen LogP contribution < -0.4 is 5.56 Å². The van der Waals surface area contributed by atoms with Crippen molar-refractivity contribution in [3.63, 3.8) is 0 Å². The van der Waals surface area contributed by atoms with Crippen molar-refractivity contribution >= 4 is 16.7 Å². The molecule has 2 aromatic rings. The van der Waals surface area contributed by atoms with Crippen LogP contribution in [0.5, 0.6) is 0 Å². The van der Waals surface area contributed by atoms with Crippen molar-refractivity contribution in [2.75, 3.05) is 0 Å². The van der Waals surface area contributed by atoms with Gasteiger partial charge in [-0.15, -0.1) is 0 Å². The summed E-state index contributed by atoms with van der Waals surface area (Å²) in [4.78, 5) is 29.2. The predicted octanol–water partition coefficient (Wildman–Crippen LogP) is 1.22. The molecule has 4 nitrogen and oxygen atoms in total. The first-order chi connectivity index (χ1) is 7.66. The van der Waals surface area contributed by atoms with Gasteiger partial charge in [0.1, 0.15) is 5.78 Å². The van der Waals surface area contributed by atoms with Gasteiger partial charge in [-0.25, -0.2) is 0 Å². The monoisotopic (exact) mass is 216 g/mol. The molecule has 3 rings (SSSR count). The molecular formula is C12H12N2O2. The first kappa shape index (κ1) is 9.39. The Balaban J connectivity index is 2.43. The Bertz CT molecular complexity index is 649. The predicted molar refractivity (Wildman–Crippen MR) is 60.7 cm³/mol. The third-order valence-corrected chi connectivity index (χ3v) is 3.26. The zero-order valence-corrected chi connectivity index (χ0v) is 9.02. The van der Waals surface area contributed by atoms with Gasteiger partial charge in [-0.2, -0.15) is 0 Å². The number of H-pyrrole nitrogens is 2. The molecule has 2 N–H and O–H groups in total. The second-order valence-corrected chi connectivity index (χ2v) is 4.35. The summed E-state index contributed by atoms with van der Waals surface area (Å²) >= 11 is 0. The molecule has 4 heteroatoms. The lowest BCUT2D eigenvalue weighted by molar-refractivity contribution is -0.118. The smallest absolute Gasteiger partial charge is 0.257 e. The highest BCUT2D eigenvalue weighted by molar-refractivity contribution is 5.93. The Labute approximate surface area is 91.7 Å². The quantitative estimate of drug-likeness (QED) is 0.695. The molecule has 0 aliphatic heterocycles. The molecule has 0 aromatic carbocycles. The maximum absolute atomic E-state index is 11.8. The van der Waals surface area contributed by atoms with E-state index in [-0.39, 0.29) is 11.3 Å². The van der Waals surface area contributed by atoms with Crippen molar-refractivity contribution < 1.29 is 4.79 Å². The Morgan fingerprint density at radius 2 is 2.06 bits per heavy atom. The molecule has 1 aliphatic carbocycles. The Hall–Kier alpha value is -1.84. The molecule has 0 saturated heterocycles. The molecule has 0 unspecified atom stereocenters. The number of rotatable bonds is 0. The van der Waals surface area contributed by atoms with Crippen LogP contribution in [0.4, 0.5) is 0 Å². The summed E-state index contributed by atoms with van der Waals surface area (Å²) in [6.07, 6.45) is 3.40. The molecule has 0 bridgehead atoms. The zero-order chi connectivity index (χ0) is 11.3. The Morgan fingerprint density at radius 3 is 2.88 bits per heavy atom. The van der Waals surface area contributed by atoms with Gasteiger partial charge in [-0.1, -0.05) is 0 Å². The molecule has 0 radical (unpaired) electrons. The fourth-order valence-electron chi connectivity index (χ4n) is 2.41. The largest absolute Gasteiger partial charge is 0.358 e. The van der Waals surface area contributed by atoms with Crippen LogP contribution in [0, 0.1) is 6.92 Å². The summed E-state index contributed by atoms with van der Waals surface area (Å²) in [5.74, 6) is 0.217. The van der Waals surface area contributed by atoms with Crippen LogP contribution >= 0.6 is 0 Å². The average Bonchev–Trinajstić information content (AvgIpc) is 2.63. The number of carbonyl (C=O) groups excluding carboxylic acids is 1. The maximum atomic E-state index is 11.8. The minimum Gasteiger partial charge on any atom is -0.358 e. The molecule has 0 atom stereocenters. The topological polar surface area (TPSA) is 65.7 Å². The van der Waals surface area contributed by atoms with Crippen molar-refractivity contribution in [2.24, 2.45) is 0 Å². The number of Topliss-reactive ketones (excluding diaryl/α,β-unsaturated/α-hetero) is 1. The molecule has 0 fully saturated rings. The summed E-state index contributed by atoms with van der Waals surface area (Å²) < 4.78 is 0. The zero-order valence-electron chi connectivity index (χ0n) is 9.02. The van der Waals surface area contributed by atoms with Crippen LogP contribution in [0.25, 0.3) is 10.9 Å². The summed E-state index contributed by atoms with van der Waals surface area (Å²) in [5.41, 5.74) is 3.73. The highest BCUT2D eigenvalue weighted by Crippen LogP contribution is 2.26. The average molecular weight is 216 g/mol. The number of hydrogen-bond donors (Lipinski definition) is 2. The van der Waals surface area contributed by atoms with Crippen molar-refractivity contribution in [3.05, 3.63) is 33.4 Å². The van der Waals surface area contributed by atoms with Crippen LogP contribution in [-0.2, 0) is 17.6 Å². The minimum atomic E-state index is -0.104. The third-order valence-electron chi connectivity index (χ3n) is 3.26. The minimum absolute atomic E-state index is 0.104. The van der Waals surface area contributed by atoms with Crippen LogP contribution in [0.1, 0.15) is 23.2 Å². The van der Waals surface area contributed by atoms with Crippen LogP contribution in [0.2, 0.25) is 0 Å². The van der Waals surface area contributed by atoms with Crippen molar-refractivity contribution in [1.82, 2.24) is 9.97 Å². The van der Waals surface area contributed by atoms with E-state index in [0.29, 0.717) is 18.2 Å². The lowest BCUT2D eigenvalue weighted by Crippen LogP contribution is -2.14. The van der Waals surface area contributed by atoms with Gasteiger partial charge in [0.15, 0.2) is 0 Å². The van der Waals surface area contributed by atoms with Crippen LogP contribution in [-0.4, -0.2) is 15.8 Å². The van der Waals surface area contributed by atoms with Gasteiger partial charge in [0.25, 0.3) is 5.56 Å². The Kier molecular flexibility index (Phi) is 1.80. The fourth-order valence-corrected chi connectivity index (χ4v) is 2.41. The van der Waals surface area contributed by atoms with Crippen molar-refractivity contribution in [3.8, 4) is 0 Å². The van der Waals surface area contributed by atoms with E-state index in [1.807, 2.05) is 6.92 Å². The fraction of sp³-hybridized carbons (Fsp3) is 0.333. The van der Waals surface area contributed by atoms with Crippen molar-refractivity contribution in [2.45, 2.75) is 26.2 Å². The molecule has 2 aromatic heterocycles. The van der Waals surface area contributed by atoms with Crippen LogP contribution in [0.15, 0.2) is 11.0 Å². The number of aryl methyl sites for hydroxylation is 2. The standard InChI is InChI=1S/C12H12N2O2/c1-6-5-13-12(16)10-8-4-7(15)2-3-9(8)14-11(6)10/h5,14H,2-4H2,1H3,(H,13,16). The van der Waals surface area contributed by atoms with E-state index in [0.717, 1.165) is 28.8 Å². The number of carbonyl (C=O) groups is 1. The van der Waals surface area contributed by atoms with Gasteiger partial charge in [0.2, 0.25) is 0 Å². The lowest BCUT2D eigenvalue weighted by atomic mass is 9.95. The number of ketones is 1. The maximum Gasteiger partial charge on any atom is 0.257 e. The van der Waals surface area contributed by atoms with Gasteiger partial charge in [-0.3, -0.25) is 9.59 Å². The van der Waals surface area contributed by atoms with Crippen molar-refractivity contribution in [1.29, 1.82) is 0 Å². The van der Waals surface area contributed by atoms with E-state index in [1.165, 1.54) is 0 Å². The lowest BCUT2D eigenvalue weighted by Gasteiger charge is -2.09. The SMILES string of the molecule is Cc1c[nH]c(=O)c2c3c([nH]c12)CCC(=O)C3. The third kappa shape index (κ3) is 1.16. The number of aromatic amines is 2. The molecule has 1 aliphatic rings. The number of hydrogen-bond acceptors (Lipinski definition) is 2. The summed E-state index contributed by atoms with van der Waals surface area (Å²) in [6, 6.07) is 0. The highest BCUT2D eigenvalue weighted by atomic mass is 16.1. The molecule has 0 amide bonds. The van der Waals surface area contributed by atoms with E-state index in [2.05, 4.69) is 9.97 Å². The van der Waals surface area contributed by atoms with Gasteiger partial charge >= 0.3 is 0 Å². The highest BCUT2D eigenvalue weighted by Gasteiger charge is 2.22. The summed E-state index contributed by atoms with van der Waals surface area (Å²) in [6.45, 7) is 1.95. The van der Waals surface area contributed by atoms with Gasteiger partial charge in [-0.05, 0) is 24.5 Å². The second-order valence-electron chi connectivity index (χ2n) is 4.35. The van der Waals surface area contributed by atoms with E-state index in [4.69, 9.17) is 0 Å². The van der Waals surface area contributed by atoms with Gasteiger partial charge in [0.05, 0.1) is 10.9 Å².